The summed E-state index contributed by atoms with van der Waals surface area (Å²) in [6.07, 6.45) is 54.3. The molecule has 0 bridgehead atoms. The largest absolute Gasteiger partial charge is 2.00 e. The summed E-state index contributed by atoms with van der Waals surface area (Å²) in [5, 5.41) is 20.7. The number of unbranched alkanes of at least 4 members (excludes halogenated alkanes) is 2. The van der Waals surface area contributed by atoms with Crippen molar-refractivity contribution in [3.05, 3.63) is 0 Å². The van der Waals surface area contributed by atoms with Crippen LogP contribution in [0.3, 0.4) is 0 Å². The summed E-state index contributed by atoms with van der Waals surface area (Å²) in [7, 11) is 0.770. The molecule has 0 amide bonds. The summed E-state index contributed by atoms with van der Waals surface area (Å²) >= 11 is 0. The number of aliphatic carboxylic acids is 2. The second-order valence-corrected chi connectivity index (χ2v) is 25.9. The van der Waals surface area contributed by atoms with E-state index in [-0.39, 0.29) is 32.3 Å². The Kier molecular flexibility index (Phi) is 32.8. The molecule has 6 saturated carbocycles. The minimum absolute atomic E-state index is 0. The van der Waals surface area contributed by atoms with Gasteiger partial charge >= 0.3 is 20.4 Å². The van der Waals surface area contributed by atoms with E-state index in [1.165, 1.54) is 72.5 Å². The SMILES string of the molecule is C1CCC(P(C2CCCCC2)C2CCCCC2)CC1.C1CCC(P(C2CCCCC2)C2CCCCC2)CC1.CCCCC(CC)C(=O)[O-].CCCCC(CC)C(=O)[O-].[Pd+2]. The molecule has 0 saturated heterocycles. The van der Waals surface area contributed by atoms with Gasteiger partial charge in [-0.05, 0) is 149 Å². The summed E-state index contributed by atoms with van der Waals surface area (Å²) in [5.41, 5.74) is 7.14. The minimum Gasteiger partial charge on any atom is -0.550 e. The van der Waals surface area contributed by atoms with Crippen LogP contribution in [0.1, 0.15) is 272 Å². The van der Waals surface area contributed by atoms with Crippen molar-refractivity contribution in [1.82, 2.24) is 0 Å². The molecular formula is C52H96O4P2Pd. The molecule has 0 aromatic carbocycles. The Morgan fingerprint density at radius 3 is 0.712 bits per heavy atom. The Bertz CT molecular complexity index is 843. The third kappa shape index (κ3) is 21.8. The first kappa shape index (κ1) is 55.6. The normalized spacial score (nSPS) is 23.0. The average Bonchev–Trinajstić information content (AvgIpc) is 3.27. The number of carboxylic acid groups (broad SMARTS) is 2. The van der Waals surface area contributed by atoms with E-state index in [1.54, 1.807) is 154 Å². The minimum atomic E-state index is -0.893. The van der Waals surface area contributed by atoms with Crippen molar-refractivity contribution in [2.75, 3.05) is 0 Å². The standard InChI is InChI=1S/2C18H33P.2C8H16O2.Pd/c2*1-4-10-16(11-5-1)19(17-12-6-2-7-13-17)18-14-8-3-9-15-18;2*1-3-5-6-7(4-2)8(9)10;/h2*16-18H,1-15H2;2*7H,3-6H2,1-2H3,(H,9,10);/q;;;;+2/p-2. The van der Waals surface area contributed by atoms with Crippen LogP contribution in [-0.4, -0.2) is 45.9 Å². The van der Waals surface area contributed by atoms with E-state index in [0.29, 0.717) is 28.7 Å². The maximum atomic E-state index is 10.3. The van der Waals surface area contributed by atoms with Gasteiger partial charge in [-0.15, -0.1) is 0 Å². The van der Waals surface area contributed by atoms with Crippen LogP contribution in [0.5, 0.6) is 0 Å². The molecular weight excluding hydrogens is 857 g/mol. The van der Waals surface area contributed by atoms with Crippen molar-refractivity contribution in [2.45, 2.75) is 306 Å². The van der Waals surface area contributed by atoms with E-state index >= 15 is 0 Å². The second-order valence-electron chi connectivity index (χ2n) is 19.8. The predicted molar refractivity (Wildman–Crippen MR) is 252 cm³/mol. The van der Waals surface area contributed by atoms with Crippen LogP contribution >= 0.6 is 15.8 Å². The number of hydrogen-bond acceptors (Lipinski definition) is 4. The molecule has 59 heavy (non-hydrogen) atoms. The Morgan fingerprint density at radius 2 is 0.576 bits per heavy atom. The van der Waals surface area contributed by atoms with Crippen LogP contribution in [0, 0.1) is 11.8 Å². The van der Waals surface area contributed by atoms with Gasteiger partial charge in [0, 0.05) is 11.9 Å². The van der Waals surface area contributed by atoms with Crippen molar-refractivity contribution in [1.29, 1.82) is 0 Å². The van der Waals surface area contributed by atoms with Gasteiger partial charge in [-0.1, -0.05) is 185 Å². The zero-order valence-corrected chi connectivity index (χ0v) is 42.7. The third-order valence-electron chi connectivity index (χ3n) is 15.4. The van der Waals surface area contributed by atoms with Crippen LogP contribution in [-0.2, 0) is 30.0 Å². The van der Waals surface area contributed by atoms with E-state index in [1.807, 2.05) is 13.8 Å². The number of carbonyl (C=O) groups is 2. The first-order chi connectivity index (χ1) is 28.3. The molecule has 0 radical (unpaired) electrons. The van der Waals surface area contributed by atoms with Gasteiger partial charge < -0.3 is 19.8 Å². The van der Waals surface area contributed by atoms with E-state index in [2.05, 4.69) is 13.8 Å². The fourth-order valence-electron chi connectivity index (χ4n) is 11.9. The molecule has 0 aliphatic heterocycles. The second kappa shape index (κ2) is 34.8. The fourth-order valence-corrected chi connectivity index (χ4v) is 21.3. The van der Waals surface area contributed by atoms with Gasteiger partial charge in [0.25, 0.3) is 0 Å². The van der Waals surface area contributed by atoms with Crippen LogP contribution in [0.4, 0.5) is 0 Å². The van der Waals surface area contributed by atoms with Crippen molar-refractivity contribution < 1.29 is 40.2 Å². The molecule has 2 atom stereocenters. The van der Waals surface area contributed by atoms with Gasteiger partial charge in [0.05, 0.1) is 0 Å². The van der Waals surface area contributed by atoms with Gasteiger partial charge in [-0.25, -0.2) is 0 Å². The molecule has 0 N–H and O–H groups in total. The molecule has 6 aliphatic rings. The molecule has 2 unspecified atom stereocenters. The molecule has 4 nitrogen and oxygen atoms in total. The molecule has 0 aromatic heterocycles. The Balaban J connectivity index is 0.000000283. The summed E-state index contributed by atoms with van der Waals surface area (Å²) in [6.45, 7) is 7.89. The van der Waals surface area contributed by atoms with Crippen LogP contribution in [0.25, 0.3) is 0 Å². The molecule has 6 aliphatic carbocycles. The first-order valence-corrected chi connectivity index (χ1v) is 29.4. The zero-order chi connectivity index (χ0) is 41.8. The maximum absolute atomic E-state index is 10.3. The zero-order valence-electron chi connectivity index (χ0n) is 39.3. The molecule has 7 heteroatoms. The smallest absolute Gasteiger partial charge is 0.550 e. The van der Waals surface area contributed by atoms with Crippen LogP contribution in [0.2, 0.25) is 0 Å². The Labute approximate surface area is 383 Å². The van der Waals surface area contributed by atoms with Crippen molar-refractivity contribution >= 4 is 27.8 Å². The molecule has 0 aromatic rings. The number of carbonyl (C=O) groups excluding carboxylic acids is 2. The van der Waals surface area contributed by atoms with Gasteiger partial charge in [-0.3, -0.25) is 0 Å². The third-order valence-corrected chi connectivity index (χ3v) is 23.6. The van der Waals surface area contributed by atoms with Gasteiger partial charge in [-0.2, -0.15) is 0 Å². The molecule has 348 valence electrons. The monoisotopic (exact) mass is 953 g/mol. The van der Waals surface area contributed by atoms with E-state index in [0.717, 1.165) is 38.5 Å². The number of carboxylic acids is 2. The van der Waals surface area contributed by atoms with E-state index in [9.17, 15) is 19.8 Å². The fraction of sp³-hybridized carbons (Fsp3) is 0.962. The summed E-state index contributed by atoms with van der Waals surface area (Å²) in [4.78, 5) is 20.7. The summed E-state index contributed by atoms with van der Waals surface area (Å²) < 4.78 is 0. The van der Waals surface area contributed by atoms with Crippen molar-refractivity contribution in [3.8, 4) is 0 Å². The molecule has 6 rings (SSSR count). The number of hydrogen-bond donors (Lipinski definition) is 0. The number of rotatable bonds is 16. The average molecular weight is 954 g/mol. The Hall–Kier alpha value is 0.462. The molecule has 6 fully saturated rings. The van der Waals surface area contributed by atoms with Crippen LogP contribution < -0.4 is 10.2 Å². The van der Waals surface area contributed by atoms with Crippen molar-refractivity contribution in [2.24, 2.45) is 11.8 Å². The topological polar surface area (TPSA) is 80.3 Å². The summed E-state index contributed by atoms with van der Waals surface area (Å²) in [6, 6.07) is 0. The molecule has 0 spiro atoms. The summed E-state index contributed by atoms with van der Waals surface area (Å²) in [5.74, 6) is -2.23. The van der Waals surface area contributed by atoms with E-state index in [4.69, 9.17) is 0 Å². The van der Waals surface area contributed by atoms with Gasteiger partial charge in [0.1, 0.15) is 0 Å². The van der Waals surface area contributed by atoms with E-state index < -0.39 is 11.9 Å². The predicted octanol–water partition coefficient (Wildman–Crippen LogP) is 14.8. The van der Waals surface area contributed by atoms with Crippen LogP contribution in [0.15, 0.2) is 0 Å². The quantitative estimate of drug-likeness (QED) is 0.114. The molecule has 0 heterocycles. The first-order valence-electron chi connectivity index (χ1n) is 26.3. The van der Waals surface area contributed by atoms with Gasteiger partial charge in [0.2, 0.25) is 0 Å². The Morgan fingerprint density at radius 1 is 0.390 bits per heavy atom. The van der Waals surface area contributed by atoms with Gasteiger partial charge in [0.15, 0.2) is 0 Å². The van der Waals surface area contributed by atoms with Crippen molar-refractivity contribution in [3.63, 3.8) is 0 Å². The maximum Gasteiger partial charge on any atom is 2.00 e.